The normalized spacial score (nSPS) is 27.1. The Hall–Kier alpha value is -1.05. The van der Waals surface area contributed by atoms with Crippen LogP contribution in [0, 0.1) is 0 Å². The lowest BCUT2D eigenvalue weighted by molar-refractivity contribution is -0.152. The first-order valence-electron chi connectivity index (χ1n) is 6.82. The zero-order valence-corrected chi connectivity index (χ0v) is 14.2. The molecule has 0 aromatic carbocycles. The smallest absolute Gasteiger partial charge is 0.330 e. The van der Waals surface area contributed by atoms with E-state index in [1.807, 2.05) is 6.92 Å². The van der Waals surface area contributed by atoms with Crippen LogP contribution in [-0.4, -0.2) is 45.8 Å². The molecule has 2 atom stereocenters. The van der Waals surface area contributed by atoms with Gasteiger partial charge in [0, 0.05) is 12.2 Å². The van der Waals surface area contributed by atoms with E-state index in [0.717, 1.165) is 17.8 Å². The quantitative estimate of drug-likeness (QED) is 0.610. The lowest BCUT2D eigenvalue weighted by Gasteiger charge is -2.29. The molecule has 0 spiro atoms. The van der Waals surface area contributed by atoms with Crippen molar-refractivity contribution in [3.05, 3.63) is 21.3 Å². The van der Waals surface area contributed by atoms with E-state index in [4.69, 9.17) is 16.3 Å². The topological polar surface area (TPSA) is 63.7 Å². The molecular formula is C14H14ClNO4S2. The highest BCUT2D eigenvalue weighted by atomic mass is 35.5. The average molecular weight is 360 g/mol. The van der Waals surface area contributed by atoms with Crippen LogP contribution in [-0.2, 0) is 14.3 Å². The van der Waals surface area contributed by atoms with Gasteiger partial charge < -0.3 is 9.64 Å². The number of carbonyl (C=O) groups is 3. The fraction of sp³-hybridized carbons (Fsp3) is 0.500. The van der Waals surface area contributed by atoms with Crippen molar-refractivity contribution < 1.29 is 19.1 Å². The summed E-state index contributed by atoms with van der Waals surface area (Å²) in [6, 6.07) is 2.64. The van der Waals surface area contributed by atoms with Crippen LogP contribution in [0.3, 0.4) is 0 Å². The van der Waals surface area contributed by atoms with Gasteiger partial charge in [0.2, 0.25) is 11.7 Å². The molecule has 1 amide bonds. The second kappa shape index (κ2) is 5.86. The Kier molecular flexibility index (Phi) is 4.22. The summed E-state index contributed by atoms with van der Waals surface area (Å²) < 4.78 is 5.63. The highest BCUT2D eigenvalue weighted by Crippen LogP contribution is 2.47. The number of halogens is 1. The van der Waals surface area contributed by atoms with Crippen molar-refractivity contribution in [1.29, 1.82) is 0 Å². The molecule has 1 aromatic rings. The lowest BCUT2D eigenvalue weighted by atomic mass is 10.2. The number of thiophene rings is 1. The number of ketones is 1. The lowest BCUT2D eigenvalue weighted by Crippen LogP contribution is -2.46. The van der Waals surface area contributed by atoms with E-state index < -0.39 is 12.0 Å². The molecule has 2 aliphatic rings. The number of thioether (sulfide) groups is 1. The van der Waals surface area contributed by atoms with Gasteiger partial charge in [0.1, 0.15) is 6.04 Å². The third-order valence-corrected chi connectivity index (χ3v) is 6.69. The van der Waals surface area contributed by atoms with Crippen molar-refractivity contribution in [3.8, 4) is 0 Å². The summed E-state index contributed by atoms with van der Waals surface area (Å²) in [4.78, 5) is 37.9. The molecule has 0 saturated carbocycles. The molecule has 2 saturated heterocycles. The number of nitrogens with zero attached hydrogens (tertiary/aromatic N) is 1. The van der Waals surface area contributed by atoms with Crippen LogP contribution in [0.25, 0.3) is 0 Å². The van der Waals surface area contributed by atoms with Crippen molar-refractivity contribution in [1.82, 2.24) is 4.90 Å². The van der Waals surface area contributed by atoms with Crippen LogP contribution in [0.4, 0.5) is 0 Å². The highest BCUT2D eigenvalue weighted by molar-refractivity contribution is 8.01. The number of hydrogen-bond acceptors (Lipinski definition) is 6. The fourth-order valence-corrected chi connectivity index (χ4v) is 5.15. The molecule has 2 fully saturated rings. The Balaban J connectivity index is 1.61. The minimum Gasteiger partial charge on any atom is -0.456 e. The second-order valence-electron chi connectivity index (χ2n) is 5.40. The van der Waals surface area contributed by atoms with Crippen LogP contribution in [0.2, 0.25) is 4.34 Å². The van der Waals surface area contributed by atoms with Gasteiger partial charge in [0.15, 0.2) is 6.61 Å². The standard InChI is InChI=1S/C14H14ClNO4S2/c1-14-5-4-12(18)16(14)8(7-21-14)13(19)20-6-9(17)10-2-3-11(15)22-10/h2-3,8H,4-7H2,1H3/t8-,14-/m0/s1. The first kappa shape index (κ1) is 15.8. The van der Waals surface area contributed by atoms with Gasteiger partial charge in [0.25, 0.3) is 0 Å². The summed E-state index contributed by atoms with van der Waals surface area (Å²) in [7, 11) is 0. The van der Waals surface area contributed by atoms with Gasteiger partial charge >= 0.3 is 5.97 Å². The van der Waals surface area contributed by atoms with E-state index in [-0.39, 0.29) is 23.2 Å². The van der Waals surface area contributed by atoms with Gasteiger partial charge in [-0.05, 0) is 25.5 Å². The Morgan fingerprint density at radius 1 is 1.50 bits per heavy atom. The molecule has 2 aliphatic heterocycles. The van der Waals surface area contributed by atoms with Gasteiger partial charge in [-0.2, -0.15) is 0 Å². The molecule has 0 N–H and O–H groups in total. The maximum absolute atomic E-state index is 12.2. The monoisotopic (exact) mass is 359 g/mol. The first-order valence-corrected chi connectivity index (χ1v) is 9.00. The SMILES string of the molecule is C[C@]12CCC(=O)N1[C@H](C(=O)OCC(=O)c1ccc(Cl)s1)CS2. The predicted molar refractivity (Wildman–Crippen MR) is 85.3 cm³/mol. The van der Waals surface area contributed by atoms with Crippen molar-refractivity contribution in [2.24, 2.45) is 0 Å². The molecule has 0 aliphatic carbocycles. The minimum atomic E-state index is -0.593. The minimum absolute atomic E-state index is 0.0224. The average Bonchev–Trinajstić information content (AvgIpc) is 3.13. The van der Waals surface area contributed by atoms with E-state index in [0.29, 0.717) is 21.4 Å². The van der Waals surface area contributed by atoms with E-state index in [2.05, 4.69) is 0 Å². The van der Waals surface area contributed by atoms with Crippen LogP contribution < -0.4 is 0 Å². The number of fused-ring (bicyclic) bond motifs is 1. The van der Waals surface area contributed by atoms with E-state index >= 15 is 0 Å². The Labute approximate surface area is 140 Å². The fourth-order valence-electron chi connectivity index (χ4n) is 2.76. The number of ether oxygens (including phenoxy) is 1. The predicted octanol–water partition coefficient (Wildman–Crippen LogP) is 2.58. The van der Waals surface area contributed by atoms with Gasteiger partial charge in [-0.25, -0.2) is 4.79 Å². The van der Waals surface area contributed by atoms with Gasteiger partial charge in [0.05, 0.1) is 14.1 Å². The largest absolute Gasteiger partial charge is 0.456 e. The third-order valence-electron chi connectivity index (χ3n) is 3.91. The summed E-state index contributed by atoms with van der Waals surface area (Å²) in [5.74, 6) is -0.306. The Bertz CT molecular complexity index is 647. The van der Waals surface area contributed by atoms with E-state index in [1.165, 1.54) is 0 Å². The molecular weight excluding hydrogens is 346 g/mol. The Morgan fingerprint density at radius 2 is 2.27 bits per heavy atom. The molecule has 3 heterocycles. The zero-order valence-electron chi connectivity index (χ0n) is 11.8. The summed E-state index contributed by atoms with van der Waals surface area (Å²) in [5, 5.41) is 0. The molecule has 118 valence electrons. The number of esters is 1. The number of amides is 1. The third kappa shape index (κ3) is 2.77. The van der Waals surface area contributed by atoms with Crippen molar-refractivity contribution >= 4 is 52.4 Å². The van der Waals surface area contributed by atoms with Crippen molar-refractivity contribution in [2.45, 2.75) is 30.7 Å². The van der Waals surface area contributed by atoms with Gasteiger partial charge in [-0.15, -0.1) is 23.1 Å². The maximum atomic E-state index is 12.2. The summed E-state index contributed by atoms with van der Waals surface area (Å²) in [6.07, 6.45) is 1.20. The number of Topliss-reactive ketones (excluding diaryl/α,β-unsaturated/α-hetero) is 1. The van der Waals surface area contributed by atoms with Crippen LogP contribution >= 0.6 is 34.7 Å². The summed E-state index contributed by atoms with van der Waals surface area (Å²) in [6.45, 7) is 1.64. The summed E-state index contributed by atoms with van der Waals surface area (Å²) >= 11 is 8.52. The molecule has 0 radical (unpaired) electrons. The molecule has 0 bridgehead atoms. The summed E-state index contributed by atoms with van der Waals surface area (Å²) in [5.41, 5.74) is 0. The molecule has 5 nitrogen and oxygen atoms in total. The second-order valence-corrected chi connectivity index (χ2v) is 8.62. The molecule has 0 unspecified atom stereocenters. The Morgan fingerprint density at radius 3 is 2.95 bits per heavy atom. The molecule has 3 rings (SSSR count). The zero-order chi connectivity index (χ0) is 15.9. The van der Waals surface area contributed by atoms with Crippen LogP contribution in [0.1, 0.15) is 29.4 Å². The van der Waals surface area contributed by atoms with Crippen LogP contribution in [0.15, 0.2) is 12.1 Å². The number of carbonyl (C=O) groups excluding carboxylic acids is 3. The maximum Gasteiger partial charge on any atom is 0.330 e. The number of hydrogen-bond donors (Lipinski definition) is 0. The van der Waals surface area contributed by atoms with Crippen molar-refractivity contribution in [2.75, 3.05) is 12.4 Å². The van der Waals surface area contributed by atoms with E-state index in [9.17, 15) is 14.4 Å². The highest BCUT2D eigenvalue weighted by Gasteiger charge is 2.53. The first-order chi connectivity index (χ1) is 10.4. The van der Waals surface area contributed by atoms with Crippen LogP contribution in [0.5, 0.6) is 0 Å². The van der Waals surface area contributed by atoms with Gasteiger partial charge in [-0.1, -0.05) is 11.6 Å². The molecule has 1 aromatic heterocycles. The molecule has 22 heavy (non-hydrogen) atoms. The van der Waals surface area contributed by atoms with E-state index in [1.54, 1.807) is 28.8 Å². The van der Waals surface area contributed by atoms with Gasteiger partial charge in [-0.3, -0.25) is 9.59 Å². The number of rotatable bonds is 4. The van der Waals surface area contributed by atoms with Crippen molar-refractivity contribution in [3.63, 3.8) is 0 Å². The molecule has 8 heteroatoms.